The molecule has 3 aliphatic heterocycles. The fourth-order valence-electron chi connectivity index (χ4n) is 4.95. The number of halogens is 1. The van der Waals surface area contributed by atoms with Crippen LogP contribution >= 0.6 is 0 Å². The highest BCUT2D eigenvalue weighted by atomic mass is 19.1. The smallest absolute Gasteiger partial charge is 0.225 e. The van der Waals surface area contributed by atoms with Crippen molar-refractivity contribution in [2.24, 2.45) is 10.7 Å². The van der Waals surface area contributed by atoms with Crippen LogP contribution in [-0.2, 0) is 15.0 Å². The average molecular weight is 446 g/mol. The molecule has 1 fully saturated rings. The molecule has 33 heavy (non-hydrogen) atoms. The molecule has 6 rings (SSSR count). The molecular formula is C25H23FN4O3. The van der Waals surface area contributed by atoms with Crippen LogP contribution in [0, 0.1) is 5.95 Å². The van der Waals surface area contributed by atoms with Crippen molar-refractivity contribution in [3.8, 4) is 22.8 Å². The summed E-state index contributed by atoms with van der Waals surface area (Å²) < 4.78 is 32.1. The fourth-order valence-corrected chi connectivity index (χ4v) is 4.95. The summed E-state index contributed by atoms with van der Waals surface area (Å²) in [5, 5.41) is 0. The Morgan fingerprint density at radius 1 is 1.03 bits per heavy atom. The Balaban J connectivity index is 1.53. The SMILES string of the molecule is NC1=N[C@@]2(COC1)c1cc(-c3cccnc3F)ccc1Oc1ncc(C3CCOCC3)cc12. The van der Waals surface area contributed by atoms with Crippen LogP contribution in [0.15, 0.2) is 53.8 Å². The number of aliphatic imine (C=N–C) groups is 1. The Morgan fingerprint density at radius 3 is 2.73 bits per heavy atom. The van der Waals surface area contributed by atoms with E-state index in [0.29, 0.717) is 34.5 Å². The molecule has 0 bridgehead atoms. The summed E-state index contributed by atoms with van der Waals surface area (Å²) in [6.07, 6.45) is 5.19. The molecule has 0 saturated carbocycles. The molecule has 0 unspecified atom stereocenters. The third-order valence-electron chi connectivity index (χ3n) is 6.61. The second-order valence-corrected chi connectivity index (χ2v) is 8.62. The Hall–Kier alpha value is -3.36. The maximum atomic E-state index is 14.5. The molecule has 2 aromatic heterocycles. The van der Waals surface area contributed by atoms with Crippen LogP contribution in [0.3, 0.4) is 0 Å². The van der Waals surface area contributed by atoms with E-state index in [1.54, 1.807) is 12.1 Å². The van der Waals surface area contributed by atoms with E-state index in [-0.39, 0.29) is 13.2 Å². The van der Waals surface area contributed by atoms with Gasteiger partial charge in [-0.3, -0.25) is 4.99 Å². The molecule has 8 heteroatoms. The number of pyridine rings is 2. The topological polar surface area (TPSA) is 91.9 Å². The zero-order valence-electron chi connectivity index (χ0n) is 18.0. The summed E-state index contributed by atoms with van der Waals surface area (Å²) in [6, 6.07) is 11.0. The van der Waals surface area contributed by atoms with Crippen molar-refractivity contribution >= 4 is 5.84 Å². The van der Waals surface area contributed by atoms with Crippen LogP contribution in [0.5, 0.6) is 11.6 Å². The number of hydrogen-bond donors (Lipinski definition) is 1. The fraction of sp³-hybridized carbons (Fsp3) is 0.320. The third kappa shape index (κ3) is 3.37. The van der Waals surface area contributed by atoms with Gasteiger partial charge in [0.1, 0.15) is 23.7 Å². The lowest BCUT2D eigenvalue weighted by atomic mass is 9.79. The molecule has 0 amide bonds. The normalized spacial score (nSPS) is 22.3. The first-order valence-electron chi connectivity index (χ1n) is 11.1. The molecule has 1 saturated heterocycles. The quantitative estimate of drug-likeness (QED) is 0.600. The number of fused-ring (bicyclic) bond motifs is 4. The van der Waals surface area contributed by atoms with Gasteiger partial charge >= 0.3 is 0 Å². The predicted octanol–water partition coefficient (Wildman–Crippen LogP) is 3.91. The zero-order valence-corrected chi connectivity index (χ0v) is 18.0. The molecule has 3 aliphatic rings. The lowest BCUT2D eigenvalue weighted by Gasteiger charge is -2.39. The molecule has 2 N–H and O–H groups in total. The first kappa shape index (κ1) is 20.3. The van der Waals surface area contributed by atoms with Crippen molar-refractivity contribution in [2.45, 2.75) is 24.3 Å². The summed E-state index contributed by atoms with van der Waals surface area (Å²) in [5.41, 5.74) is 9.05. The van der Waals surface area contributed by atoms with E-state index >= 15 is 0 Å². The molecule has 3 aromatic rings. The minimum atomic E-state index is -0.922. The molecule has 7 nitrogen and oxygen atoms in total. The van der Waals surface area contributed by atoms with E-state index in [4.69, 9.17) is 24.9 Å². The maximum Gasteiger partial charge on any atom is 0.225 e. The number of nitrogens with zero attached hydrogens (tertiary/aromatic N) is 3. The largest absolute Gasteiger partial charge is 0.438 e. The number of amidine groups is 1. The van der Waals surface area contributed by atoms with Gasteiger partial charge in [-0.25, -0.2) is 9.97 Å². The molecule has 1 aromatic carbocycles. The van der Waals surface area contributed by atoms with Crippen LogP contribution < -0.4 is 10.5 Å². The van der Waals surface area contributed by atoms with E-state index in [1.807, 2.05) is 24.4 Å². The number of nitrogens with two attached hydrogens (primary N) is 1. The summed E-state index contributed by atoms with van der Waals surface area (Å²) in [6.45, 7) is 2.02. The molecule has 5 heterocycles. The predicted molar refractivity (Wildman–Crippen MR) is 120 cm³/mol. The van der Waals surface area contributed by atoms with Gasteiger partial charge < -0.3 is 19.9 Å². The van der Waals surface area contributed by atoms with Gasteiger partial charge in [-0.05, 0) is 60.2 Å². The average Bonchev–Trinajstić information content (AvgIpc) is 2.85. The van der Waals surface area contributed by atoms with Crippen molar-refractivity contribution < 1.29 is 18.6 Å². The van der Waals surface area contributed by atoms with Gasteiger partial charge in [-0.15, -0.1) is 0 Å². The Labute approximate surface area is 190 Å². The molecule has 1 spiro atoms. The van der Waals surface area contributed by atoms with Gasteiger partial charge in [0.05, 0.1) is 6.61 Å². The molecule has 168 valence electrons. The summed E-state index contributed by atoms with van der Waals surface area (Å²) in [4.78, 5) is 13.4. The third-order valence-corrected chi connectivity index (χ3v) is 6.61. The second-order valence-electron chi connectivity index (χ2n) is 8.62. The summed E-state index contributed by atoms with van der Waals surface area (Å²) in [7, 11) is 0. The lowest BCUT2D eigenvalue weighted by Crippen LogP contribution is -2.42. The highest BCUT2D eigenvalue weighted by Crippen LogP contribution is 2.51. The number of aromatic nitrogens is 2. The number of benzene rings is 1. The number of hydrogen-bond acceptors (Lipinski definition) is 7. The standard InChI is InChI=1S/C25H23FN4O3/c26-23-18(2-1-7-28-23)16-3-4-21-19(10-16)25(14-32-13-22(27)30-25)20-11-17(12-29-24(20)33-21)15-5-8-31-9-6-15/h1-4,7,10-12,15H,5-6,8-9,13-14H2,(H2,27,30)/t25-/m0/s1. The number of ether oxygens (including phenoxy) is 3. The minimum Gasteiger partial charge on any atom is -0.438 e. The Morgan fingerprint density at radius 2 is 1.91 bits per heavy atom. The monoisotopic (exact) mass is 446 g/mol. The van der Waals surface area contributed by atoms with E-state index in [2.05, 4.69) is 16.0 Å². The maximum absolute atomic E-state index is 14.5. The van der Waals surface area contributed by atoms with Gasteiger partial charge in [0.2, 0.25) is 11.8 Å². The lowest BCUT2D eigenvalue weighted by molar-refractivity contribution is 0.0850. The highest BCUT2D eigenvalue weighted by Gasteiger charge is 2.46. The van der Waals surface area contributed by atoms with E-state index in [0.717, 1.165) is 42.7 Å². The first-order valence-corrected chi connectivity index (χ1v) is 11.1. The number of rotatable bonds is 2. The van der Waals surface area contributed by atoms with Crippen LogP contribution in [0.25, 0.3) is 11.1 Å². The molecular weight excluding hydrogens is 423 g/mol. The highest BCUT2D eigenvalue weighted by molar-refractivity contribution is 5.84. The first-order chi connectivity index (χ1) is 16.1. The van der Waals surface area contributed by atoms with Crippen LogP contribution in [-0.4, -0.2) is 42.2 Å². The van der Waals surface area contributed by atoms with E-state index < -0.39 is 11.5 Å². The Bertz CT molecular complexity index is 1260. The van der Waals surface area contributed by atoms with Gasteiger partial charge in [0.15, 0.2) is 0 Å². The van der Waals surface area contributed by atoms with E-state index in [1.165, 1.54) is 6.20 Å². The summed E-state index contributed by atoms with van der Waals surface area (Å²) >= 11 is 0. The van der Waals surface area contributed by atoms with Crippen molar-refractivity contribution in [3.05, 3.63) is 71.4 Å². The zero-order chi connectivity index (χ0) is 22.4. The van der Waals surface area contributed by atoms with Crippen LogP contribution in [0.4, 0.5) is 4.39 Å². The van der Waals surface area contributed by atoms with Gasteiger partial charge in [-0.1, -0.05) is 6.07 Å². The van der Waals surface area contributed by atoms with Crippen molar-refractivity contribution in [2.75, 3.05) is 26.4 Å². The van der Waals surface area contributed by atoms with Crippen LogP contribution in [0.1, 0.15) is 35.4 Å². The molecule has 1 atom stereocenters. The molecule has 0 aliphatic carbocycles. The van der Waals surface area contributed by atoms with E-state index in [9.17, 15) is 4.39 Å². The summed E-state index contributed by atoms with van der Waals surface area (Å²) in [5.74, 6) is 1.31. The van der Waals surface area contributed by atoms with Crippen molar-refractivity contribution in [1.82, 2.24) is 9.97 Å². The van der Waals surface area contributed by atoms with Gasteiger partial charge in [-0.2, -0.15) is 4.39 Å². The second kappa shape index (κ2) is 7.90. The Kier molecular flexibility index (Phi) is 4.85. The van der Waals surface area contributed by atoms with Gasteiger partial charge in [0.25, 0.3) is 0 Å². The van der Waals surface area contributed by atoms with Gasteiger partial charge in [0, 0.05) is 42.3 Å². The minimum absolute atomic E-state index is 0.261. The molecule has 0 radical (unpaired) electrons. The van der Waals surface area contributed by atoms with Crippen molar-refractivity contribution in [1.29, 1.82) is 0 Å². The van der Waals surface area contributed by atoms with Crippen LogP contribution in [0.2, 0.25) is 0 Å². The van der Waals surface area contributed by atoms with Crippen molar-refractivity contribution in [3.63, 3.8) is 0 Å².